The van der Waals surface area contributed by atoms with Gasteiger partial charge in [0.25, 0.3) is 5.91 Å². The van der Waals surface area contributed by atoms with Crippen molar-refractivity contribution >= 4 is 21.8 Å². The van der Waals surface area contributed by atoms with Crippen molar-refractivity contribution in [2.45, 2.75) is 19.4 Å². The largest absolute Gasteiger partial charge is 0.394 e. The van der Waals surface area contributed by atoms with Gasteiger partial charge in [-0.2, -0.15) is 0 Å². The van der Waals surface area contributed by atoms with E-state index in [0.717, 1.165) is 10.9 Å². The minimum atomic E-state index is -0.0681. The van der Waals surface area contributed by atoms with Crippen LogP contribution >= 0.6 is 15.9 Å². The van der Waals surface area contributed by atoms with Gasteiger partial charge < -0.3 is 10.0 Å². The first-order chi connectivity index (χ1) is 8.13. The van der Waals surface area contributed by atoms with E-state index >= 15 is 0 Å². The molecule has 1 aliphatic rings. The molecule has 4 nitrogen and oxygen atoms in total. The highest BCUT2D eigenvalue weighted by Crippen LogP contribution is 2.25. The fourth-order valence-electron chi connectivity index (χ4n) is 2.23. The first-order valence-electron chi connectivity index (χ1n) is 5.66. The van der Waals surface area contributed by atoms with Crippen LogP contribution in [0.15, 0.2) is 22.9 Å². The van der Waals surface area contributed by atoms with Gasteiger partial charge in [-0.05, 0) is 34.3 Å². The molecule has 2 rings (SSSR count). The molecule has 0 aromatic carbocycles. The van der Waals surface area contributed by atoms with E-state index in [4.69, 9.17) is 0 Å². The predicted octanol–water partition coefficient (Wildman–Crippen LogP) is 1.69. The molecule has 1 fully saturated rings. The second-order valence-electron chi connectivity index (χ2n) is 4.41. The molecule has 0 radical (unpaired) electrons. The van der Waals surface area contributed by atoms with Crippen LogP contribution in [0.25, 0.3) is 0 Å². The molecule has 1 aromatic heterocycles. The van der Waals surface area contributed by atoms with Crippen LogP contribution in [-0.2, 0) is 0 Å². The standard InChI is InChI=1S/C12H15BrN2O2/c1-8-2-3-15(11(8)7-16)12(17)9-4-10(13)6-14-5-9/h4-6,8,11,16H,2-3,7H2,1H3. The second kappa shape index (κ2) is 5.14. The normalized spacial score (nSPS) is 24.1. The first kappa shape index (κ1) is 12.5. The molecule has 17 heavy (non-hydrogen) atoms. The Morgan fingerprint density at radius 3 is 3.06 bits per heavy atom. The molecule has 0 aliphatic carbocycles. The van der Waals surface area contributed by atoms with Crippen molar-refractivity contribution in [2.75, 3.05) is 13.2 Å². The van der Waals surface area contributed by atoms with E-state index in [2.05, 4.69) is 27.8 Å². The van der Waals surface area contributed by atoms with Gasteiger partial charge in [-0.15, -0.1) is 0 Å². The Kier molecular flexibility index (Phi) is 3.79. The molecular formula is C12H15BrN2O2. The molecule has 1 aromatic rings. The Labute approximate surface area is 109 Å². The van der Waals surface area contributed by atoms with Gasteiger partial charge in [0.1, 0.15) is 0 Å². The van der Waals surface area contributed by atoms with Crippen LogP contribution in [-0.4, -0.2) is 40.1 Å². The van der Waals surface area contributed by atoms with Gasteiger partial charge in [0.2, 0.25) is 0 Å². The van der Waals surface area contributed by atoms with Crippen molar-refractivity contribution in [1.29, 1.82) is 0 Å². The Bertz CT molecular complexity index is 425. The van der Waals surface area contributed by atoms with E-state index in [0.29, 0.717) is 18.0 Å². The molecule has 0 spiro atoms. The first-order valence-corrected chi connectivity index (χ1v) is 6.45. The van der Waals surface area contributed by atoms with Crippen molar-refractivity contribution in [3.8, 4) is 0 Å². The zero-order valence-corrected chi connectivity index (χ0v) is 11.2. The average Bonchev–Trinajstić information content (AvgIpc) is 2.69. The maximum absolute atomic E-state index is 12.3. The van der Waals surface area contributed by atoms with E-state index in [1.54, 1.807) is 23.4 Å². The van der Waals surface area contributed by atoms with Crippen LogP contribution < -0.4 is 0 Å². The third-order valence-corrected chi connectivity index (χ3v) is 3.72. The van der Waals surface area contributed by atoms with E-state index in [-0.39, 0.29) is 18.6 Å². The number of halogens is 1. The number of aliphatic hydroxyl groups excluding tert-OH is 1. The van der Waals surface area contributed by atoms with E-state index in [1.165, 1.54) is 0 Å². The molecule has 1 saturated heterocycles. The number of carbonyl (C=O) groups is 1. The predicted molar refractivity (Wildman–Crippen MR) is 67.6 cm³/mol. The lowest BCUT2D eigenvalue weighted by Gasteiger charge is -2.25. The fraction of sp³-hybridized carbons (Fsp3) is 0.500. The van der Waals surface area contributed by atoms with Crippen molar-refractivity contribution < 1.29 is 9.90 Å². The summed E-state index contributed by atoms with van der Waals surface area (Å²) in [5.41, 5.74) is 0.562. The highest BCUT2D eigenvalue weighted by Gasteiger charge is 2.34. The molecule has 2 atom stereocenters. The molecule has 5 heteroatoms. The molecule has 1 aliphatic heterocycles. The van der Waals surface area contributed by atoms with Crippen LogP contribution in [0.3, 0.4) is 0 Å². The van der Waals surface area contributed by atoms with Crippen LogP contribution in [0.1, 0.15) is 23.7 Å². The summed E-state index contributed by atoms with van der Waals surface area (Å²) in [6, 6.07) is 1.69. The van der Waals surface area contributed by atoms with E-state index in [1.807, 2.05) is 0 Å². The monoisotopic (exact) mass is 298 g/mol. The average molecular weight is 299 g/mol. The summed E-state index contributed by atoms with van der Waals surface area (Å²) in [6.45, 7) is 2.79. The van der Waals surface area contributed by atoms with Gasteiger partial charge in [-0.25, -0.2) is 0 Å². The highest BCUT2D eigenvalue weighted by atomic mass is 79.9. The van der Waals surface area contributed by atoms with Crippen molar-refractivity contribution in [3.63, 3.8) is 0 Å². The molecule has 2 unspecified atom stereocenters. The Hall–Kier alpha value is -0.940. The molecule has 1 amide bonds. The fourth-order valence-corrected chi connectivity index (χ4v) is 2.60. The van der Waals surface area contributed by atoms with Crippen LogP contribution in [0.4, 0.5) is 0 Å². The van der Waals surface area contributed by atoms with E-state index in [9.17, 15) is 9.90 Å². The zero-order valence-electron chi connectivity index (χ0n) is 9.64. The summed E-state index contributed by atoms with van der Waals surface area (Å²) in [7, 11) is 0. The summed E-state index contributed by atoms with van der Waals surface area (Å²) < 4.78 is 0.788. The summed E-state index contributed by atoms with van der Waals surface area (Å²) in [5.74, 6) is 0.297. The summed E-state index contributed by atoms with van der Waals surface area (Å²) >= 11 is 3.30. The minimum Gasteiger partial charge on any atom is -0.394 e. The van der Waals surface area contributed by atoms with E-state index < -0.39 is 0 Å². The van der Waals surface area contributed by atoms with Gasteiger partial charge in [0.05, 0.1) is 18.2 Å². The van der Waals surface area contributed by atoms with Crippen LogP contribution in [0.5, 0.6) is 0 Å². The maximum Gasteiger partial charge on any atom is 0.255 e. The van der Waals surface area contributed by atoms with Gasteiger partial charge in [-0.1, -0.05) is 6.92 Å². The number of amides is 1. The molecule has 1 N–H and O–H groups in total. The number of pyridine rings is 1. The third-order valence-electron chi connectivity index (χ3n) is 3.28. The minimum absolute atomic E-state index is 0.0222. The number of hydrogen-bond donors (Lipinski definition) is 1. The lowest BCUT2D eigenvalue weighted by Crippen LogP contribution is -2.39. The maximum atomic E-state index is 12.3. The zero-order chi connectivity index (χ0) is 12.4. The van der Waals surface area contributed by atoms with Gasteiger partial charge in [0.15, 0.2) is 0 Å². The molecule has 0 saturated carbocycles. The number of rotatable bonds is 2. The second-order valence-corrected chi connectivity index (χ2v) is 5.32. The number of carbonyl (C=O) groups excluding carboxylic acids is 1. The number of hydrogen-bond acceptors (Lipinski definition) is 3. The molecule has 2 heterocycles. The summed E-state index contributed by atoms with van der Waals surface area (Å²) in [4.78, 5) is 18.0. The smallest absolute Gasteiger partial charge is 0.255 e. The molecular weight excluding hydrogens is 284 g/mol. The topological polar surface area (TPSA) is 53.4 Å². The number of aliphatic hydroxyl groups is 1. The summed E-state index contributed by atoms with van der Waals surface area (Å²) in [5, 5.41) is 9.34. The Morgan fingerprint density at radius 2 is 2.41 bits per heavy atom. The lowest BCUT2D eigenvalue weighted by molar-refractivity contribution is 0.0647. The summed E-state index contributed by atoms with van der Waals surface area (Å²) in [6.07, 6.45) is 4.15. The van der Waals surface area contributed by atoms with Crippen molar-refractivity contribution in [3.05, 3.63) is 28.5 Å². The lowest BCUT2D eigenvalue weighted by atomic mass is 10.0. The number of likely N-dealkylation sites (tertiary alicyclic amines) is 1. The van der Waals surface area contributed by atoms with Crippen LogP contribution in [0, 0.1) is 5.92 Å². The number of aromatic nitrogens is 1. The SMILES string of the molecule is CC1CCN(C(=O)c2cncc(Br)c2)C1CO. The van der Waals surface area contributed by atoms with Crippen molar-refractivity contribution in [2.24, 2.45) is 5.92 Å². The van der Waals surface area contributed by atoms with Crippen molar-refractivity contribution in [1.82, 2.24) is 9.88 Å². The molecule has 92 valence electrons. The molecule has 0 bridgehead atoms. The van der Waals surface area contributed by atoms with Gasteiger partial charge in [0, 0.05) is 23.4 Å². The van der Waals surface area contributed by atoms with Crippen LogP contribution in [0.2, 0.25) is 0 Å². The highest BCUT2D eigenvalue weighted by molar-refractivity contribution is 9.10. The number of nitrogens with zero attached hydrogens (tertiary/aromatic N) is 2. The Balaban J connectivity index is 2.20. The van der Waals surface area contributed by atoms with Gasteiger partial charge in [-0.3, -0.25) is 9.78 Å². The third kappa shape index (κ3) is 2.50. The Morgan fingerprint density at radius 1 is 1.65 bits per heavy atom. The quantitative estimate of drug-likeness (QED) is 0.904. The van der Waals surface area contributed by atoms with Gasteiger partial charge >= 0.3 is 0 Å².